The average molecular weight is 326 g/mol. The summed E-state index contributed by atoms with van der Waals surface area (Å²) in [5.74, 6) is 0. The number of thiazole rings is 1. The van der Waals surface area contributed by atoms with E-state index in [0.29, 0.717) is 16.9 Å². The number of aryl methyl sites for hydroxylation is 1. The molecule has 0 atom stereocenters. The van der Waals surface area contributed by atoms with Crippen LogP contribution in [0.25, 0.3) is 0 Å². The van der Waals surface area contributed by atoms with Gasteiger partial charge in [-0.1, -0.05) is 0 Å². The molecular weight excluding hydrogens is 318 g/mol. The molecule has 2 aromatic rings. The summed E-state index contributed by atoms with van der Waals surface area (Å²) in [7, 11) is 1.59. The fraction of sp³-hybridized carbons (Fsp3) is 0.250. The quantitative estimate of drug-likeness (QED) is 0.693. The van der Waals surface area contributed by atoms with Crippen LogP contribution in [-0.2, 0) is 19.4 Å². The fourth-order valence-electron chi connectivity index (χ4n) is 1.55. The van der Waals surface area contributed by atoms with Gasteiger partial charge in [-0.15, -0.1) is 11.3 Å². The zero-order valence-electron chi connectivity index (χ0n) is 10.5. The lowest BCUT2D eigenvalue weighted by atomic mass is 10.1. The highest BCUT2D eigenvalue weighted by molar-refractivity contribution is 7.07. The largest absolute Gasteiger partial charge is 0.416 e. The van der Waals surface area contributed by atoms with Crippen LogP contribution in [0.4, 0.5) is 32.0 Å². The van der Waals surface area contributed by atoms with Gasteiger partial charge in [0.1, 0.15) is 0 Å². The first-order valence-corrected chi connectivity index (χ1v) is 6.39. The Morgan fingerprint density at radius 2 is 1.48 bits per heavy atom. The highest BCUT2D eigenvalue weighted by Crippen LogP contribution is 2.38. The van der Waals surface area contributed by atoms with E-state index in [4.69, 9.17) is 0 Å². The SMILES string of the molecule is Cn1ccsc1=Nc1cc(C(F)(F)F)cc(C(F)(F)F)c1. The summed E-state index contributed by atoms with van der Waals surface area (Å²) in [4.78, 5) is 4.12. The molecule has 0 radical (unpaired) electrons. The molecular formula is C12H8F6N2S. The molecule has 0 bridgehead atoms. The third kappa shape index (κ3) is 3.66. The molecule has 0 fully saturated rings. The molecule has 0 saturated heterocycles. The molecule has 0 aliphatic heterocycles. The average Bonchev–Trinajstić information content (AvgIpc) is 2.72. The van der Waals surface area contributed by atoms with Gasteiger partial charge in [0.05, 0.1) is 16.8 Å². The molecule has 1 aromatic carbocycles. The second-order valence-electron chi connectivity index (χ2n) is 4.17. The fourth-order valence-corrected chi connectivity index (χ4v) is 2.30. The van der Waals surface area contributed by atoms with E-state index >= 15 is 0 Å². The summed E-state index contributed by atoms with van der Waals surface area (Å²) in [6, 6.07) is 1.26. The van der Waals surface area contributed by atoms with Crippen LogP contribution in [0.1, 0.15) is 11.1 Å². The number of aromatic nitrogens is 1. The minimum atomic E-state index is -4.87. The van der Waals surface area contributed by atoms with Crippen molar-refractivity contribution < 1.29 is 26.3 Å². The normalized spacial score (nSPS) is 13.8. The minimum absolute atomic E-state index is 0.0768. The summed E-state index contributed by atoms with van der Waals surface area (Å²) in [5.41, 5.74) is -3.15. The van der Waals surface area contributed by atoms with Gasteiger partial charge in [0, 0.05) is 18.6 Å². The Morgan fingerprint density at radius 1 is 0.952 bits per heavy atom. The molecule has 2 nitrogen and oxygen atoms in total. The summed E-state index contributed by atoms with van der Waals surface area (Å²) < 4.78 is 77.6. The Balaban J connectivity index is 2.64. The van der Waals surface area contributed by atoms with Crippen molar-refractivity contribution in [1.82, 2.24) is 4.57 Å². The van der Waals surface area contributed by atoms with Crippen molar-refractivity contribution in [2.24, 2.45) is 12.0 Å². The molecule has 0 N–H and O–H groups in total. The number of halogens is 6. The Morgan fingerprint density at radius 3 is 1.86 bits per heavy atom. The van der Waals surface area contributed by atoms with E-state index in [1.54, 1.807) is 18.6 Å². The first-order chi connectivity index (χ1) is 9.57. The lowest BCUT2D eigenvalue weighted by Gasteiger charge is -2.12. The Bertz CT molecular complexity index is 675. The Hall–Kier alpha value is -1.77. The molecule has 1 aromatic heterocycles. The van der Waals surface area contributed by atoms with Crippen LogP contribution in [0, 0.1) is 0 Å². The van der Waals surface area contributed by atoms with Gasteiger partial charge < -0.3 is 4.57 Å². The molecule has 2 rings (SSSR count). The van der Waals surface area contributed by atoms with Gasteiger partial charge in [-0.25, -0.2) is 4.99 Å². The third-order valence-electron chi connectivity index (χ3n) is 2.56. The van der Waals surface area contributed by atoms with E-state index in [-0.39, 0.29) is 6.07 Å². The van der Waals surface area contributed by atoms with Crippen LogP contribution >= 0.6 is 11.3 Å². The molecule has 0 aliphatic carbocycles. The summed E-state index contributed by atoms with van der Waals surface area (Å²) in [5, 5.41) is 1.62. The van der Waals surface area contributed by atoms with Crippen LogP contribution in [0.15, 0.2) is 34.8 Å². The van der Waals surface area contributed by atoms with E-state index in [0.717, 1.165) is 11.3 Å². The monoisotopic (exact) mass is 326 g/mol. The molecule has 9 heteroatoms. The van der Waals surface area contributed by atoms with Gasteiger partial charge in [0.25, 0.3) is 0 Å². The molecule has 0 unspecified atom stereocenters. The number of nitrogens with zero attached hydrogens (tertiary/aromatic N) is 2. The third-order valence-corrected chi connectivity index (χ3v) is 3.40. The molecule has 0 spiro atoms. The Kier molecular flexibility index (Phi) is 3.87. The van der Waals surface area contributed by atoms with Crippen LogP contribution in [0.2, 0.25) is 0 Å². The van der Waals surface area contributed by atoms with Crippen molar-refractivity contribution in [3.63, 3.8) is 0 Å². The predicted molar refractivity (Wildman–Crippen MR) is 65.0 cm³/mol. The van der Waals surface area contributed by atoms with E-state index in [9.17, 15) is 26.3 Å². The van der Waals surface area contributed by atoms with Crippen LogP contribution < -0.4 is 4.80 Å². The topological polar surface area (TPSA) is 17.3 Å². The summed E-state index contributed by atoms with van der Waals surface area (Å²) >= 11 is 1.10. The summed E-state index contributed by atoms with van der Waals surface area (Å²) in [6.45, 7) is 0. The number of alkyl halides is 6. The van der Waals surface area contributed by atoms with E-state index < -0.39 is 29.2 Å². The second-order valence-corrected chi connectivity index (χ2v) is 5.05. The van der Waals surface area contributed by atoms with Crippen molar-refractivity contribution in [2.75, 3.05) is 0 Å². The van der Waals surface area contributed by atoms with E-state index in [1.807, 2.05) is 0 Å². The minimum Gasteiger partial charge on any atom is -0.327 e. The zero-order chi connectivity index (χ0) is 15.8. The molecule has 1 heterocycles. The van der Waals surface area contributed by atoms with Crippen LogP contribution in [-0.4, -0.2) is 4.57 Å². The van der Waals surface area contributed by atoms with E-state index in [1.165, 1.54) is 4.57 Å². The van der Waals surface area contributed by atoms with Crippen molar-refractivity contribution in [3.05, 3.63) is 45.7 Å². The second kappa shape index (κ2) is 5.21. The van der Waals surface area contributed by atoms with Crippen molar-refractivity contribution in [2.45, 2.75) is 12.4 Å². The molecule has 114 valence electrons. The van der Waals surface area contributed by atoms with Crippen molar-refractivity contribution >= 4 is 17.0 Å². The number of hydrogen-bond donors (Lipinski definition) is 0. The van der Waals surface area contributed by atoms with Gasteiger partial charge in [0.2, 0.25) is 0 Å². The van der Waals surface area contributed by atoms with Crippen molar-refractivity contribution in [1.29, 1.82) is 0 Å². The van der Waals surface area contributed by atoms with Gasteiger partial charge in [-0.05, 0) is 18.2 Å². The maximum Gasteiger partial charge on any atom is 0.416 e. The maximum absolute atomic E-state index is 12.7. The van der Waals surface area contributed by atoms with Gasteiger partial charge in [-0.3, -0.25) is 0 Å². The highest BCUT2D eigenvalue weighted by atomic mass is 32.1. The molecule has 0 aliphatic rings. The Labute approximate surface area is 119 Å². The number of benzene rings is 1. The molecule has 21 heavy (non-hydrogen) atoms. The smallest absolute Gasteiger partial charge is 0.327 e. The van der Waals surface area contributed by atoms with E-state index in [2.05, 4.69) is 4.99 Å². The standard InChI is InChI=1S/C12H8F6N2S/c1-20-2-3-21-10(20)19-9-5-7(11(13,14)15)4-8(6-9)12(16,17)18/h2-6H,1H3. The molecule has 0 saturated carbocycles. The van der Waals surface area contributed by atoms with Crippen LogP contribution in [0.5, 0.6) is 0 Å². The first kappa shape index (κ1) is 15.6. The van der Waals surface area contributed by atoms with Gasteiger partial charge in [0.15, 0.2) is 4.80 Å². The highest BCUT2D eigenvalue weighted by Gasteiger charge is 2.36. The lowest BCUT2D eigenvalue weighted by molar-refractivity contribution is -0.143. The maximum atomic E-state index is 12.7. The molecule has 0 amide bonds. The van der Waals surface area contributed by atoms with Crippen molar-refractivity contribution in [3.8, 4) is 0 Å². The number of rotatable bonds is 1. The summed E-state index contributed by atoms with van der Waals surface area (Å²) in [6.07, 6.45) is -8.14. The predicted octanol–water partition coefficient (Wildman–Crippen LogP) is 4.36. The van der Waals surface area contributed by atoms with Gasteiger partial charge in [-0.2, -0.15) is 26.3 Å². The zero-order valence-corrected chi connectivity index (χ0v) is 11.3. The van der Waals surface area contributed by atoms with Crippen LogP contribution in [0.3, 0.4) is 0 Å². The first-order valence-electron chi connectivity index (χ1n) is 5.52. The van der Waals surface area contributed by atoms with Gasteiger partial charge >= 0.3 is 12.4 Å². The lowest BCUT2D eigenvalue weighted by Crippen LogP contribution is -2.11. The number of hydrogen-bond acceptors (Lipinski definition) is 2.